The Bertz CT molecular complexity index is 961. The molecule has 0 saturated carbocycles. The van der Waals surface area contributed by atoms with Crippen LogP contribution in [0.2, 0.25) is 5.02 Å². The zero-order valence-corrected chi connectivity index (χ0v) is 17.9. The third-order valence-corrected chi connectivity index (χ3v) is 7.50. The highest BCUT2D eigenvalue weighted by molar-refractivity contribution is 7.89. The SMILES string of the molecule is O=S(=O)(c1cccnc1)N(CCCc1cccc(Cl)c1)CCCc1cccs1. The molecule has 148 valence electrons. The molecule has 0 bridgehead atoms. The lowest BCUT2D eigenvalue weighted by molar-refractivity contribution is 0.398. The van der Waals surface area contributed by atoms with Crippen molar-refractivity contribution in [1.29, 1.82) is 0 Å². The molecule has 0 saturated heterocycles. The van der Waals surface area contributed by atoms with Crippen LogP contribution in [-0.2, 0) is 22.9 Å². The molecule has 28 heavy (non-hydrogen) atoms. The van der Waals surface area contributed by atoms with Crippen molar-refractivity contribution >= 4 is 33.0 Å². The Morgan fingerprint density at radius 2 is 1.82 bits per heavy atom. The molecule has 0 aliphatic carbocycles. The normalized spacial score (nSPS) is 11.8. The van der Waals surface area contributed by atoms with Gasteiger partial charge in [-0.2, -0.15) is 4.31 Å². The molecule has 0 fully saturated rings. The van der Waals surface area contributed by atoms with Gasteiger partial charge in [-0.05, 0) is 67.0 Å². The number of pyridine rings is 1. The Labute approximate surface area is 175 Å². The summed E-state index contributed by atoms with van der Waals surface area (Å²) in [5.41, 5.74) is 1.12. The van der Waals surface area contributed by atoms with E-state index in [1.165, 1.54) is 11.1 Å². The smallest absolute Gasteiger partial charge is 0.244 e. The zero-order valence-electron chi connectivity index (χ0n) is 15.5. The third-order valence-electron chi connectivity index (χ3n) is 4.44. The Morgan fingerprint density at radius 3 is 2.50 bits per heavy atom. The van der Waals surface area contributed by atoms with Gasteiger partial charge in [0.15, 0.2) is 0 Å². The van der Waals surface area contributed by atoms with E-state index in [1.807, 2.05) is 35.7 Å². The van der Waals surface area contributed by atoms with Gasteiger partial charge in [-0.1, -0.05) is 29.8 Å². The molecule has 3 aromatic rings. The van der Waals surface area contributed by atoms with E-state index >= 15 is 0 Å². The van der Waals surface area contributed by atoms with E-state index in [0.717, 1.165) is 31.2 Å². The van der Waals surface area contributed by atoms with Crippen LogP contribution >= 0.6 is 22.9 Å². The average molecular weight is 435 g/mol. The maximum atomic E-state index is 13.1. The van der Waals surface area contributed by atoms with E-state index in [1.54, 1.807) is 34.0 Å². The highest BCUT2D eigenvalue weighted by Crippen LogP contribution is 2.18. The number of benzene rings is 1. The molecular weight excluding hydrogens is 412 g/mol. The van der Waals surface area contributed by atoms with Gasteiger partial charge in [0.25, 0.3) is 0 Å². The van der Waals surface area contributed by atoms with Crippen molar-refractivity contribution in [1.82, 2.24) is 9.29 Å². The van der Waals surface area contributed by atoms with Crippen LogP contribution in [0.4, 0.5) is 0 Å². The van der Waals surface area contributed by atoms with Crippen LogP contribution in [0.15, 0.2) is 71.2 Å². The summed E-state index contributed by atoms with van der Waals surface area (Å²) in [6.07, 6.45) is 6.18. The number of aryl methyl sites for hydroxylation is 2. The van der Waals surface area contributed by atoms with Crippen molar-refractivity contribution in [3.8, 4) is 0 Å². The van der Waals surface area contributed by atoms with Gasteiger partial charge >= 0.3 is 0 Å². The lowest BCUT2D eigenvalue weighted by atomic mass is 10.1. The van der Waals surface area contributed by atoms with Crippen molar-refractivity contribution < 1.29 is 8.42 Å². The maximum absolute atomic E-state index is 13.1. The molecule has 0 unspecified atom stereocenters. The van der Waals surface area contributed by atoms with Crippen LogP contribution in [0.3, 0.4) is 0 Å². The average Bonchev–Trinajstić information content (AvgIpc) is 3.21. The van der Waals surface area contributed by atoms with Gasteiger partial charge in [-0.15, -0.1) is 11.3 Å². The summed E-state index contributed by atoms with van der Waals surface area (Å²) in [7, 11) is -3.56. The van der Waals surface area contributed by atoms with Crippen molar-refractivity contribution in [2.75, 3.05) is 13.1 Å². The van der Waals surface area contributed by atoms with E-state index in [-0.39, 0.29) is 4.90 Å². The number of thiophene rings is 1. The summed E-state index contributed by atoms with van der Waals surface area (Å²) in [5.74, 6) is 0. The first kappa shape index (κ1) is 21.0. The topological polar surface area (TPSA) is 50.3 Å². The zero-order chi connectivity index (χ0) is 19.8. The van der Waals surface area contributed by atoms with Gasteiger partial charge in [0, 0.05) is 35.4 Å². The molecule has 3 rings (SSSR count). The Kier molecular flexibility index (Phi) is 7.62. The molecule has 0 aliphatic rings. The predicted octanol–water partition coefficient (Wildman–Crippen LogP) is 5.05. The number of sulfonamides is 1. The Balaban J connectivity index is 1.66. The van der Waals surface area contributed by atoms with E-state index in [2.05, 4.69) is 11.1 Å². The standard InChI is InChI=1S/C21H23ClN2O2S2/c22-19-8-1-6-18(16-19)7-3-13-24(14-4-9-20-10-5-15-27-20)28(25,26)21-11-2-12-23-17-21/h1-2,5-6,8,10-12,15-17H,3-4,7,9,13-14H2. The summed E-state index contributed by atoms with van der Waals surface area (Å²) in [4.78, 5) is 5.49. The van der Waals surface area contributed by atoms with Gasteiger partial charge in [0.1, 0.15) is 4.90 Å². The predicted molar refractivity (Wildman–Crippen MR) is 115 cm³/mol. The third kappa shape index (κ3) is 5.88. The van der Waals surface area contributed by atoms with Crippen molar-refractivity contribution in [3.05, 3.63) is 81.8 Å². The van der Waals surface area contributed by atoms with Gasteiger partial charge in [-0.3, -0.25) is 4.98 Å². The summed E-state index contributed by atoms with van der Waals surface area (Å²) < 4.78 is 27.8. The van der Waals surface area contributed by atoms with Crippen LogP contribution in [0.1, 0.15) is 23.3 Å². The quantitative estimate of drug-likeness (QED) is 0.448. The second kappa shape index (κ2) is 10.2. The fourth-order valence-corrected chi connectivity index (χ4v) is 5.48. The minimum Gasteiger partial charge on any atom is -0.263 e. The summed E-state index contributed by atoms with van der Waals surface area (Å²) in [5, 5.41) is 2.75. The molecule has 0 aliphatic heterocycles. The molecule has 0 radical (unpaired) electrons. The summed E-state index contributed by atoms with van der Waals surface area (Å²) in [6.45, 7) is 0.957. The fourth-order valence-electron chi connectivity index (χ4n) is 3.04. The van der Waals surface area contributed by atoms with Crippen molar-refractivity contribution in [2.45, 2.75) is 30.6 Å². The second-order valence-corrected chi connectivity index (χ2v) is 9.92. The lowest BCUT2D eigenvalue weighted by Gasteiger charge is -2.22. The number of halogens is 1. The van der Waals surface area contributed by atoms with Crippen LogP contribution in [0, 0.1) is 0 Å². The van der Waals surface area contributed by atoms with Crippen LogP contribution in [-0.4, -0.2) is 30.8 Å². The molecule has 0 atom stereocenters. The number of hydrogen-bond donors (Lipinski definition) is 0. The summed E-state index contributed by atoms with van der Waals surface area (Å²) in [6, 6.07) is 15.1. The lowest BCUT2D eigenvalue weighted by Crippen LogP contribution is -2.33. The minimum absolute atomic E-state index is 0.244. The molecule has 7 heteroatoms. The number of nitrogens with zero attached hydrogens (tertiary/aromatic N) is 2. The Morgan fingerprint density at radius 1 is 1.00 bits per heavy atom. The highest BCUT2D eigenvalue weighted by atomic mass is 35.5. The number of aromatic nitrogens is 1. The molecule has 2 heterocycles. The minimum atomic E-state index is -3.56. The highest BCUT2D eigenvalue weighted by Gasteiger charge is 2.24. The maximum Gasteiger partial charge on any atom is 0.244 e. The van der Waals surface area contributed by atoms with Crippen molar-refractivity contribution in [3.63, 3.8) is 0 Å². The number of rotatable bonds is 10. The second-order valence-electron chi connectivity index (χ2n) is 6.51. The van der Waals surface area contributed by atoms with Crippen molar-refractivity contribution in [2.24, 2.45) is 0 Å². The fraction of sp³-hybridized carbons (Fsp3) is 0.286. The first-order chi connectivity index (χ1) is 13.6. The number of hydrogen-bond acceptors (Lipinski definition) is 4. The summed E-state index contributed by atoms with van der Waals surface area (Å²) >= 11 is 7.75. The van der Waals surface area contributed by atoms with Gasteiger partial charge in [0.2, 0.25) is 10.0 Å². The van der Waals surface area contributed by atoms with E-state index < -0.39 is 10.0 Å². The van der Waals surface area contributed by atoms with E-state index in [4.69, 9.17) is 11.6 Å². The van der Waals surface area contributed by atoms with Crippen LogP contribution < -0.4 is 0 Å². The molecule has 1 aromatic carbocycles. The van der Waals surface area contributed by atoms with Gasteiger partial charge < -0.3 is 0 Å². The largest absolute Gasteiger partial charge is 0.263 e. The van der Waals surface area contributed by atoms with E-state index in [9.17, 15) is 8.42 Å². The molecular formula is C21H23ClN2O2S2. The molecule has 4 nitrogen and oxygen atoms in total. The monoisotopic (exact) mass is 434 g/mol. The first-order valence-electron chi connectivity index (χ1n) is 9.23. The molecule has 2 aromatic heterocycles. The van der Waals surface area contributed by atoms with E-state index in [0.29, 0.717) is 18.1 Å². The first-order valence-corrected chi connectivity index (χ1v) is 11.9. The van der Waals surface area contributed by atoms with Crippen LogP contribution in [0.25, 0.3) is 0 Å². The molecule has 0 amide bonds. The van der Waals surface area contributed by atoms with Gasteiger partial charge in [-0.25, -0.2) is 8.42 Å². The Hall–Kier alpha value is -1.73. The van der Waals surface area contributed by atoms with Crippen LogP contribution in [0.5, 0.6) is 0 Å². The molecule has 0 spiro atoms. The molecule has 0 N–H and O–H groups in total. The van der Waals surface area contributed by atoms with Gasteiger partial charge in [0.05, 0.1) is 0 Å².